The van der Waals surface area contributed by atoms with Gasteiger partial charge in [-0.15, -0.1) is 13.2 Å². The Kier molecular flexibility index (Phi) is 13.3. The first kappa shape index (κ1) is 36.0. The van der Waals surface area contributed by atoms with Crippen LogP contribution in [0.1, 0.15) is 38.2 Å². The average Bonchev–Trinajstić information content (AvgIpc) is 3.06. The molecule has 244 valence electrons. The number of amidine groups is 2. The highest BCUT2D eigenvalue weighted by Gasteiger charge is 2.30. The van der Waals surface area contributed by atoms with Crippen LogP contribution in [-0.4, -0.2) is 43.0 Å². The number of hydrogen-bond acceptors (Lipinski definition) is 7. The van der Waals surface area contributed by atoms with E-state index in [1.807, 2.05) is 44.2 Å². The van der Waals surface area contributed by atoms with Crippen molar-refractivity contribution in [2.75, 3.05) is 7.11 Å². The molecule has 0 unspecified atom stereocenters. The van der Waals surface area contributed by atoms with Crippen LogP contribution in [0.5, 0.6) is 5.75 Å². The first-order chi connectivity index (χ1) is 22.4. The number of methoxy groups -OCH3 is 1. The van der Waals surface area contributed by atoms with E-state index in [1.165, 1.54) is 43.6 Å². The molecule has 4 aromatic carbocycles. The molecule has 0 saturated heterocycles. The second-order valence-electron chi connectivity index (χ2n) is 9.73. The number of halogens is 3. The number of nitrogens with zero attached hydrogens (tertiary/aromatic N) is 3. The number of aliphatic imine (C=N–C) groups is 3. The highest BCUT2D eigenvalue weighted by Crippen LogP contribution is 2.26. The van der Waals surface area contributed by atoms with Gasteiger partial charge in [-0.2, -0.15) is 0 Å². The molecule has 13 heteroatoms. The highest BCUT2D eigenvalue weighted by molar-refractivity contribution is 8.13. The van der Waals surface area contributed by atoms with Crippen molar-refractivity contribution in [2.45, 2.75) is 26.0 Å². The van der Waals surface area contributed by atoms with Crippen LogP contribution in [0, 0.1) is 19.3 Å². The number of thioether (sulfide) groups is 1. The molecule has 0 amide bonds. The van der Waals surface area contributed by atoms with Gasteiger partial charge in [0.1, 0.15) is 17.9 Å². The largest absolute Gasteiger partial charge is 0.573 e. The zero-order chi connectivity index (χ0) is 34.4. The third kappa shape index (κ3) is 12.1. The van der Waals surface area contributed by atoms with Crippen LogP contribution in [0.2, 0.25) is 0 Å². The molecule has 0 saturated carbocycles. The van der Waals surface area contributed by atoms with Crippen LogP contribution >= 0.6 is 11.8 Å². The third-order valence-electron chi connectivity index (χ3n) is 6.27. The van der Waals surface area contributed by atoms with E-state index in [-0.39, 0.29) is 17.6 Å². The van der Waals surface area contributed by atoms with Crippen molar-refractivity contribution in [3.8, 4) is 5.75 Å². The van der Waals surface area contributed by atoms with Gasteiger partial charge in [0.05, 0.1) is 24.0 Å². The number of rotatable bonds is 9. The normalized spacial score (nSPS) is 11.9. The molecular weight excluding hydrogens is 629 g/mol. The van der Waals surface area contributed by atoms with E-state index in [1.54, 1.807) is 36.4 Å². The first-order valence-corrected chi connectivity index (χ1v) is 14.9. The maximum Gasteiger partial charge on any atom is 0.573 e. The Balaban J connectivity index is 0.000000256. The standard InChI is InChI=1S/C18H20N2O2S.C16H13F3N4O/c1-12-5-4-6-13(2)16(12)20-18(19)23-11-14-7-9-15(10-8-14)17(21)22-3;17-16(18,19)24-14-7-5-13(6-8-14)22-10-23-15(21)12-3-1-11(9-20)2-4-12/h4-10H,11H2,1-3H3,(H2,19,20);1-10,20H,(H2,21,22,23). The lowest BCUT2D eigenvalue weighted by atomic mass is 10.1. The van der Waals surface area contributed by atoms with Crippen LogP contribution in [0.25, 0.3) is 0 Å². The van der Waals surface area contributed by atoms with E-state index in [2.05, 4.69) is 24.5 Å². The lowest BCUT2D eigenvalue weighted by molar-refractivity contribution is -0.274. The van der Waals surface area contributed by atoms with Gasteiger partial charge in [0.2, 0.25) is 0 Å². The Morgan fingerprint density at radius 1 is 0.894 bits per heavy atom. The first-order valence-electron chi connectivity index (χ1n) is 13.9. The van der Waals surface area contributed by atoms with Crippen molar-refractivity contribution in [3.05, 3.63) is 124 Å². The summed E-state index contributed by atoms with van der Waals surface area (Å²) in [6, 6.07) is 25.3. The molecule has 0 aliphatic rings. The lowest BCUT2D eigenvalue weighted by Crippen LogP contribution is -2.16. The quantitative estimate of drug-likeness (QED) is 0.0954. The molecule has 0 radical (unpaired) electrons. The number of ether oxygens (including phenoxy) is 2. The number of carbonyl (C=O) groups is 1. The molecule has 0 bridgehead atoms. The number of esters is 1. The minimum atomic E-state index is -4.73. The molecule has 0 heterocycles. The molecule has 0 aliphatic heterocycles. The summed E-state index contributed by atoms with van der Waals surface area (Å²) in [6.07, 6.45) is -2.30. The van der Waals surface area contributed by atoms with E-state index in [9.17, 15) is 18.0 Å². The Bertz CT molecular complexity index is 1720. The fraction of sp³-hybridized carbons (Fsp3) is 0.147. The molecule has 0 fully saturated rings. The van der Waals surface area contributed by atoms with Gasteiger partial charge in [-0.1, -0.05) is 66.4 Å². The summed E-state index contributed by atoms with van der Waals surface area (Å²) in [5, 5.41) is 7.64. The van der Waals surface area contributed by atoms with Crippen LogP contribution in [0.4, 0.5) is 24.5 Å². The van der Waals surface area contributed by atoms with Gasteiger partial charge in [0, 0.05) is 17.5 Å². The monoisotopic (exact) mass is 662 g/mol. The topological polar surface area (TPSA) is 148 Å². The van der Waals surface area contributed by atoms with Gasteiger partial charge in [0.25, 0.3) is 0 Å². The van der Waals surface area contributed by atoms with Crippen molar-refractivity contribution in [1.29, 1.82) is 5.41 Å². The molecule has 5 N–H and O–H groups in total. The third-order valence-corrected chi connectivity index (χ3v) is 7.14. The smallest absolute Gasteiger partial charge is 0.465 e. The molecule has 47 heavy (non-hydrogen) atoms. The predicted molar refractivity (Wildman–Crippen MR) is 183 cm³/mol. The van der Waals surface area contributed by atoms with Crippen molar-refractivity contribution in [2.24, 2.45) is 26.4 Å². The minimum Gasteiger partial charge on any atom is -0.465 e. The summed E-state index contributed by atoms with van der Waals surface area (Å²) in [6.45, 7) is 4.05. The van der Waals surface area contributed by atoms with Crippen molar-refractivity contribution in [1.82, 2.24) is 0 Å². The molecule has 0 aliphatic carbocycles. The number of hydrogen-bond donors (Lipinski definition) is 3. The number of nitrogens with one attached hydrogen (secondary N) is 1. The van der Waals surface area contributed by atoms with Crippen molar-refractivity contribution >= 4 is 52.7 Å². The van der Waals surface area contributed by atoms with E-state index in [0.717, 1.165) is 40.1 Å². The summed E-state index contributed by atoms with van der Waals surface area (Å²) in [5.74, 6) is 0.269. The molecule has 0 aromatic heterocycles. The van der Waals surface area contributed by atoms with Gasteiger partial charge in [-0.05, 0) is 72.5 Å². The Morgan fingerprint density at radius 3 is 2.04 bits per heavy atom. The molecule has 9 nitrogen and oxygen atoms in total. The van der Waals surface area contributed by atoms with E-state index in [4.69, 9.17) is 16.9 Å². The van der Waals surface area contributed by atoms with Crippen LogP contribution in [-0.2, 0) is 10.5 Å². The zero-order valence-corrected chi connectivity index (χ0v) is 26.6. The molecule has 4 rings (SSSR count). The number of aryl methyl sites for hydroxylation is 2. The van der Waals surface area contributed by atoms with Crippen LogP contribution in [0.3, 0.4) is 0 Å². The fourth-order valence-electron chi connectivity index (χ4n) is 3.85. The molecule has 4 aromatic rings. The zero-order valence-electron chi connectivity index (χ0n) is 25.8. The number of nitrogens with two attached hydrogens (primary N) is 2. The van der Waals surface area contributed by atoms with Gasteiger partial charge in [-0.25, -0.2) is 19.8 Å². The average molecular weight is 663 g/mol. The summed E-state index contributed by atoms with van der Waals surface area (Å²) >= 11 is 1.47. The number of para-hydroxylation sites is 1. The Hall–Kier alpha value is -5.43. The number of benzene rings is 4. The summed E-state index contributed by atoms with van der Waals surface area (Å²) < 4.78 is 44.6. The predicted octanol–water partition coefficient (Wildman–Crippen LogP) is 7.62. The van der Waals surface area contributed by atoms with Crippen LogP contribution < -0.4 is 16.2 Å². The van der Waals surface area contributed by atoms with Gasteiger partial charge >= 0.3 is 12.3 Å². The minimum absolute atomic E-state index is 0.229. The SMILES string of the molecule is COC(=O)c1ccc(CSC(N)=Nc2c(C)cccc2C)cc1.N=Cc1ccc(C(N)=NC=Nc2ccc(OC(F)(F)F)cc2)cc1. The second kappa shape index (κ2) is 17.3. The molecule has 0 spiro atoms. The fourth-order valence-corrected chi connectivity index (χ4v) is 4.52. The summed E-state index contributed by atoms with van der Waals surface area (Å²) in [5.41, 5.74) is 18.4. The van der Waals surface area contributed by atoms with Crippen molar-refractivity contribution < 1.29 is 27.4 Å². The Morgan fingerprint density at radius 2 is 1.49 bits per heavy atom. The maximum atomic E-state index is 12.0. The van der Waals surface area contributed by atoms with Gasteiger partial charge < -0.3 is 26.4 Å². The van der Waals surface area contributed by atoms with E-state index < -0.39 is 6.36 Å². The highest BCUT2D eigenvalue weighted by atomic mass is 32.2. The van der Waals surface area contributed by atoms with Crippen LogP contribution in [0.15, 0.2) is 106 Å². The van der Waals surface area contributed by atoms with Gasteiger partial charge in [0.15, 0.2) is 5.17 Å². The summed E-state index contributed by atoms with van der Waals surface area (Å²) in [7, 11) is 1.37. The molecular formula is C34H33F3N6O3S. The Labute approximate surface area is 274 Å². The van der Waals surface area contributed by atoms with E-state index >= 15 is 0 Å². The summed E-state index contributed by atoms with van der Waals surface area (Å²) in [4.78, 5) is 23.8. The lowest BCUT2D eigenvalue weighted by Gasteiger charge is -2.08. The number of carbonyl (C=O) groups excluding carboxylic acids is 1. The number of alkyl halides is 3. The van der Waals surface area contributed by atoms with E-state index in [0.29, 0.717) is 27.7 Å². The van der Waals surface area contributed by atoms with Gasteiger partial charge in [-0.3, -0.25) is 0 Å². The maximum absolute atomic E-state index is 12.0. The van der Waals surface area contributed by atoms with Crippen molar-refractivity contribution in [3.63, 3.8) is 0 Å². The molecule has 0 atom stereocenters. The second-order valence-corrected chi connectivity index (χ2v) is 10.7.